The molecule has 0 N–H and O–H groups in total. The van der Waals surface area contributed by atoms with Crippen LogP contribution in [0.3, 0.4) is 0 Å². The highest BCUT2D eigenvalue weighted by atomic mass is 32.1. The first-order chi connectivity index (χ1) is 14.7. The van der Waals surface area contributed by atoms with Gasteiger partial charge in [0.2, 0.25) is 5.91 Å². The molecule has 1 amide bonds. The third kappa shape index (κ3) is 5.43. The summed E-state index contributed by atoms with van der Waals surface area (Å²) in [6.07, 6.45) is 1.11. The summed E-state index contributed by atoms with van der Waals surface area (Å²) in [6, 6.07) is 17.8. The van der Waals surface area contributed by atoms with Crippen LogP contribution in [0.5, 0.6) is 10.9 Å². The maximum atomic E-state index is 12.6. The molecular formula is C23H26N4O2S. The summed E-state index contributed by atoms with van der Waals surface area (Å²) < 4.78 is 10.2. The third-order valence-corrected chi connectivity index (χ3v) is 5.94. The second-order valence-electron chi connectivity index (χ2n) is 7.38. The molecule has 0 atom stereocenters. The maximum Gasteiger partial charge on any atom is 0.298 e. The van der Waals surface area contributed by atoms with Gasteiger partial charge in [-0.05, 0) is 29.8 Å². The number of hydrogen-bond acceptors (Lipinski definition) is 6. The third-order valence-electron chi connectivity index (χ3n) is 5.31. The van der Waals surface area contributed by atoms with Gasteiger partial charge in [0.15, 0.2) is 5.82 Å². The van der Waals surface area contributed by atoms with E-state index in [4.69, 9.17) is 4.74 Å². The lowest BCUT2D eigenvalue weighted by atomic mass is 10.1. The molecule has 0 spiro atoms. The first-order valence-corrected chi connectivity index (χ1v) is 11.1. The molecule has 2 aromatic carbocycles. The van der Waals surface area contributed by atoms with Crippen LogP contribution in [-0.2, 0) is 17.6 Å². The van der Waals surface area contributed by atoms with Crippen LogP contribution in [0, 0.1) is 0 Å². The molecule has 1 saturated heterocycles. The Labute approximate surface area is 181 Å². The van der Waals surface area contributed by atoms with Gasteiger partial charge in [-0.25, -0.2) is 0 Å². The summed E-state index contributed by atoms with van der Waals surface area (Å²) in [5, 5.41) is 0.526. The Kier molecular flexibility index (Phi) is 6.71. The molecule has 0 radical (unpaired) electrons. The normalized spacial score (nSPS) is 14.6. The Hall–Kier alpha value is -2.77. The molecule has 0 aliphatic carbocycles. The van der Waals surface area contributed by atoms with Crippen molar-refractivity contribution in [3.63, 3.8) is 0 Å². The highest BCUT2D eigenvalue weighted by Gasteiger charge is 2.20. The van der Waals surface area contributed by atoms with E-state index in [-0.39, 0.29) is 5.91 Å². The van der Waals surface area contributed by atoms with Crippen molar-refractivity contribution in [3.8, 4) is 10.9 Å². The van der Waals surface area contributed by atoms with Crippen molar-refractivity contribution in [1.29, 1.82) is 0 Å². The van der Waals surface area contributed by atoms with E-state index in [0.717, 1.165) is 44.1 Å². The Balaban J connectivity index is 1.29. The van der Waals surface area contributed by atoms with Crippen LogP contribution in [0.4, 0.5) is 0 Å². The zero-order valence-electron chi connectivity index (χ0n) is 17.2. The minimum atomic E-state index is 0.189. The summed E-state index contributed by atoms with van der Waals surface area (Å²) in [4.78, 5) is 21.4. The van der Waals surface area contributed by atoms with Gasteiger partial charge < -0.3 is 14.5 Å². The van der Waals surface area contributed by atoms with E-state index >= 15 is 0 Å². The second-order valence-corrected chi connectivity index (χ2v) is 8.09. The number of carbonyl (C=O) groups is 1. The van der Waals surface area contributed by atoms with Gasteiger partial charge >= 0.3 is 0 Å². The number of aromatic nitrogens is 2. The molecule has 30 heavy (non-hydrogen) atoms. The maximum absolute atomic E-state index is 12.6. The van der Waals surface area contributed by atoms with E-state index < -0.39 is 0 Å². The molecule has 6 nitrogen and oxygen atoms in total. The van der Waals surface area contributed by atoms with Crippen LogP contribution in [0.2, 0.25) is 0 Å². The Morgan fingerprint density at radius 1 is 1.00 bits per heavy atom. The lowest BCUT2D eigenvalue weighted by molar-refractivity contribution is -0.132. The fraction of sp³-hybridized carbons (Fsp3) is 0.348. The van der Waals surface area contributed by atoms with Gasteiger partial charge in [0.1, 0.15) is 5.75 Å². The van der Waals surface area contributed by atoms with E-state index in [2.05, 4.69) is 33.3 Å². The summed E-state index contributed by atoms with van der Waals surface area (Å²) >= 11 is 1.25. The molecule has 1 aliphatic heterocycles. The molecule has 1 fully saturated rings. The molecule has 1 aliphatic rings. The lowest BCUT2D eigenvalue weighted by Gasteiger charge is -2.34. The minimum absolute atomic E-state index is 0.189. The largest absolute Gasteiger partial charge is 0.430 e. The summed E-state index contributed by atoms with van der Waals surface area (Å²) in [7, 11) is 0. The second kappa shape index (κ2) is 9.82. The number of carbonyl (C=O) groups excluding carboxylic acids is 1. The van der Waals surface area contributed by atoms with Crippen LogP contribution in [0.15, 0.2) is 54.6 Å². The van der Waals surface area contributed by atoms with Gasteiger partial charge in [0, 0.05) is 44.1 Å². The molecule has 7 heteroatoms. The van der Waals surface area contributed by atoms with Crippen LogP contribution in [-0.4, -0.2) is 57.8 Å². The van der Waals surface area contributed by atoms with Gasteiger partial charge in [-0.15, -0.1) is 0 Å². The van der Waals surface area contributed by atoms with Crippen LogP contribution in [0.1, 0.15) is 23.9 Å². The molecule has 1 aromatic heterocycles. The van der Waals surface area contributed by atoms with Crippen molar-refractivity contribution in [1.82, 2.24) is 19.2 Å². The first-order valence-electron chi connectivity index (χ1n) is 10.3. The first kappa shape index (κ1) is 20.5. The van der Waals surface area contributed by atoms with Crippen molar-refractivity contribution >= 4 is 17.4 Å². The molecular weight excluding hydrogens is 396 g/mol. The van der Waals surface area contributed by atoms with Crippen molar-refractivity contribution in [2.75, 3.05) is 32.7 Å². The zero-order chi connectivity index (χ0) is 20.8. The Morgan fingerprint density at radius 3 is 2.43 bits per heavy atom. The van der Waals surface area contributed by atoms with E-state index in [1.807, 2.05) is 47.4 Å². The average molecular weight is 423 g/mol. The van der Waals surface area contributed by atoms with E-state index in [0.29, 0.717) is 23.8 Å². The topological polar surface area (TPSA) is 58.6 Å². The fourth-order valence-electron chi connectivity index (χ4n) is 3.51. The number of hydrogen-bond donors (Lipinski definition) is 0. The van der Waals surface area contributed by atoms with Gasteiger partial charge in [-0.3, -0.25) is 4.79 Å². The van der Waals surface area contributed by atoms with Gasteiger partial charge in [0.05, 0.1) is 6.42 Å². The molecule has 0 unspecified atom stereocenters. The lowest BCUT2D eigenvalue weighted by Crippen LogP contribution is -2.48. The average Bonchev–Trinajstić information content (AvgIpc) is 3.22. The fourth-order valence-corrected chi connectivity index (χ4v) is 4.07. The number of ether oxygens (including phenoxy) is 1. The van der Waals surface area contributed by atoms with Crippen molar-refractivity contribution < 1.29 is 9.53 Å². The molecule has 0 bridgehead atoms. The minimum Gasteiger partial charge on any atom is -0.430 e. The van der Waals surface area contributed by atoms with E-state index in [9.17, 15) is 4.79 Å². The van der Waals surface area contributed by atoms with Crippen molar-refractivity contribution in [2.24, 2.45) is 0 Å². The number of rotatable bonds is 7. The molecule has 0 saturated carbocycles. The van der Waals surface area contributed by atoms with Gasteiger partial charge in [-0.1, -0.05) is 49.4 Å². The number of piperazine rings is 1. The predicted molar refractivity (Wildman–Crippen MR) is 118 cm³/mol. The SMILES string of the molecule is CCN1CCN(C(=O)Cc2ccc(Oc3nc(Cc4ccccc4)ns3)cc2)CC1. The summed E-state index contributed by atoms with van der Waals surface area (Å²) in [6.45, 7) is 6.76. The summed E-state index contributed by atoms with van der Waals surface area (Å²) in [5.41, 5.74) is 2.17. The summed E-state index contributed by atoms with van der Waals surface area (Å²) in [5.74, 6) is 1.64. The molecule has 4 rings (SSSR count). The smallest absolute Gasteiger partial charge is 0.298 e. The Morgan fingerprint density at radius 2 is 1.73 bits per heavy atom. The van der Waals surface area contributed by atoms with Crippen molar-refractivity contribution in [3.05, 3.63) is 71.5 Å². The van der Waals surface area contributed by atoms with Crippen molar-refractivity contribution in [2.45, 2.75) is 19.8 Å². The van der Waals surface area contributed by atoms with E-state index in [1.54, 1.807) is 0 Å². The van der Waals surface area contributed by atoms with Crippen LogP contribution >= 0.6 is 11.5 Å². The predicted octanol–water partition coefficient (Wildman–Crippen LogP) is 3.63. The highest BCUT2D eigenvalue weighted by molar-refractivity contribution is 7.07. The van der Waals surface area contributed by atoms with Gasteiger partial charge in [0.25, 0.3) is 5.19 Å². The number of benzene rings is 2. The highest BCUT2D eigenvalue weighted by Crippen LogP contribution is 2.24. The number of amides is 1. The van der Waals surface area contributed by atoms with Crippen LogP contribution < -0.4 is 4.74 Å². The monoisotopic (exact) mass is 422 g/mol. The number of nitrogens with zero attached hydrogens (tertiary/aromatic N) is 4. The Bertz CT molecular complexity index is 951. The zero-order valence-corrected chi connectivity index (χ0v) is 18.0. The molecule has 3 aromatic rings. The van der Waals surface area contributed by atoms with Crippen LogP contribution in [0.25, 0.3) is 0 Å². The van der Waals surface area contributed by atoms with E-state index in [1.165, 1.54) is 17.1 Å². The molecule has 156 valence electrons. The standard InChI is InChI=1S/C23H26N4O2S/c1-2-26-12-14-27(15-13-26)22(28)17-19-8-10-20(11-9-19)29-23-24-21(25-30-23)16-18-6-4-3-5-7-18/h3-11H,2,12-17H2,1H3. The number of likely N-dealkylation sites (N-methyl/N-ethyl adjacent to an activating group) is 1. The quantitative estimate of drug-likeness (QED) is 0.582. The molecule has 2 heterocycles. The van der Waals surface area contributed by atoms with Gasteiger partial charge in [-0.2, -0.15) is 9.36 Å².